The van der Waals surface area contributed by atoms with Gasteiger partial charge in [-0.3, -0.25) is 4.79 Å². The summed E-state index contributed by atoms with van der Waals surface area (Å²) in [5.41, 5.74) is 1.88. The van der Waals surface area contributed by atoms with Crippen molar-refractivity contribution in [2.45, 2.75) is 63.7 Å². The van der Waals surface area contributed by atoms with Crippen molar-refractivity contribution in [2.75, 3.05) is 0 Å². The monoisotopic (exact) mass is 262 g/mol. The Morgan fingerprint density at radius 3 is 2.79 bits per heavy atom. The standard InChI is InChI=1S/C15H22N2O2/c18-15(19)11-6-3-7-12-14(11)17-13(16-12)9-8-10-4-1-2-5-10/h10-11H,1-9H2,(H,16,17)(H,18,19). The molecule has 1 atom stereocenters. The first-order chi connectivity index (χ1) is 9.24. The molecule has 2 aliphatic rings. The number of carboxylic acids is 1. The average molecular weight is 262 g/mol. The number of aliphatic carboxylic acids is 1. The summed E-state index contributed by atoms with van der Waals surface area (Å²) in [6.45, 7) is 0. The predicted octanol–water partition coefficient (Wildman–Crippen LogP) is 3.04. The lowest BCUT2D eigenvalue weighted by Crippen LogP contribution is -2.17. The highest BCUT2D eigenvalue weighted by Crippen LogP contribution is 2.32. The van der Waals surface area contributed by atoms with Crippen LogP contribution in [0, 0.1) is 5.92 Å². The van der Waals surface area contributed by atoms with Crippen LogP contribution in [-0.2, 0) is 17.6 Å². The van der Waals surface area contributed by atoms with Gasteiger partial charge in [-0.15, -0.1) is 0 Å². The number of nitrogens with zero attached hydrogens (tertiary/aromatic N) is 1. The quantitative estimate of drug-likeness (QED) is 0.876. The maximum atomic E-state index is 11.2. The molecule has 0 radical (unpaired) electrons. The van der Waals surface area contributed by atoms with Crippen LogP contribution in [0.1, 0.15) is 68.1 Å². The van der Waals surface area contributed by atoms with Crippen LogP contribution in [0.3, 0.4) is 0 Å². The van der Waals surface area contributed by atoms with E-state index in [1.54, 1.807) is 0 Å². The van der Waals surface area contributed by atoms with Crippen LogP contribution >= 0.6 is 0 Å². The van der Waals surface area contributed by atoms with Gasteiger partial charge in [0.15, 0.2) is 0 Å². The van der Waals surface area contributed by atoms with Crippen molar-refractivity contribution in [1.29, 1.82) is 0 Å². The smallest absolute Gasteiger partial charge is 0.312 e. The van der Waals surface area contributed by atoms with Crippen molar-refractivity contribution in [3.05, 3.63) is 17.2 Å². The number of hydrogen-bond donors (Lipinski definition) is 2. The number of hydrogen-bond acceptors (Lipinski definition) is 2. The van der Waals surface area contributed by atoms with Crippen LogP contribution in [-0.4, -0.2) is 21.0 Å². The fraction of sp³-hybridized carbons (Fsp3) is 0.733. The number of fused-ring (bicyclic) bond motifs is 1. The largest absolute Gasteiger partial charge is 0.481 e. The summed E-state index contributed by atoms with van der Waals surface area (Å²) in [4.78, 5) is 19.2. The van der Waals surface area contributed by atoms with Crippen LogP contribution in [0.15, 0.2) is 0 Å². The van der Waals surface area contributed by atoms with Gasteiger partial charge in [-0.05, 0) is 31.6 Å². The van der Waals surface area contributed by atoms with Crippen molar-refractivity contribution in [3.63, 3.8) is 0 Å². The van der Waals surface area contributed by atoms with Gasteiger partial charge in [0.1, 0.15) is 11.7 Å². The highest BCUT2D eigenvalue weighted by molar-refractivity contribution is 5.76. The molecule has 2 aliphatic carbocycles. The van der Waals surface area contributed by atoms with E-state index in [-0.39, 0.29) is 5.92 Å². The minimum atomic E-state index is -0.727. The first-order valence-corrected chi connectivity index (χ1v) is 7.54. The first-order valence-electron chi connectivity index (χ1n) is 7.54. The molecule has 4 heteroatoms. The third kappa shape index (κ3) is 2.67. The third-order valence-electron chi connectivity index (χ3n) is 4.67. The van der Waals surface area contributed by atoms with E-state index in [0.717, 1.165) is 48.8 Å². The van der Waals surface area contributed by atoms with E-state index in [2.05, 4.69) is 9.97 Å². The number of nitrogens with one attached hydrogen (secondary N) is 1. The zero-order valence-corrected chi connectivity index (χ0v) is 11.3. The van der Waals surface area contributed by atoms with Gasteiger partial charge in [-0.2, -0.15) is 0 Å². The predicted molar refractivity (Wildman–Crippen MR) is 72.2 cm³/mol. The van der Waals surface area contributed by atoms with Crippen molar-refractivity contribution in [1.82, 2.24) is 9.97 Å². The number of carbonyl (C=O) groups is 1. The molecule has 4 nitrogen and oxygen atoms in total. The van der Waals surface area contributed by atoms with Gasteiger partial charge in [0.25, 0.3) is 0 Å². The molecule has 104 valence electrons. The van der Waals surface area contributed by atoms with Crippen LogP contribution in [0.4, 0.5) is 0 Å². The summed E-state index contributed by atoms with van der Waals surface area (Å²) in [6, 6.07) is 0. The lowest BCUT2D eigenvalue weighted by molar-refractivity contribution is -0.139. The lowest BCUT2D eigenvalue weighted by Gasteiger charge is -2.16. The normalized spacial score (nSPS) is 23.5. The maximum absolute atomic E-state index is 11.2. The summed E-state index contributed by atoms with van der Waals surface area (Å²) in [6.07, 6.45) is 10.3. The van der Waals surface area contributed by atoms with E-state index in [0.29, 0.717) is 0 Å². The molecule has 3 rings (SSSR count). The highest BCUT2D eigenvalue weighted by Gasteiger charge is 2.29. The fourth-order valence-electron chi connectivity index (χ4n) is 3.58. The molecule has 1 saturated carbocycles. The molecule has 0 amide bonds. The second-order valence-electron chi connectivity index (χ2n) is 6.02. The maximum Gasteiger partial charge on any atom is 0.312 e. The number of rotatable bonds is 4. The number of aryl methyl sites for hydroxylation is 2. The minimum absolute atomic E-state index is 0.389. The molecule has 1 heterocycles. The van der Waals surface area contributed by atoms with E-state index >= 15 is 0 Å². The second-order valence-corrected chi connectivity index (χ2v) is 6.02. The summed E-state index contributed by atoms with van der Waals surface area (Å²) in [5.74, 6) is 0.748. The Kier molecular flexibility index (Phi) is 3.58. The number of imidazole rings is 1. The van der Waals surface area contributed by atoms with Gasteiger partial charge < -0.3 is 10.1 Å². The summed E-state index contributed by atoms with van der Waals surface area (Å²) >= 11 is 0. The highest BCUT2D eigenvalue weighted by atomic mass is 16.4. The van der Waals surface area contributed by atoms with Crippen molar-refractivity contribution < 1.29 is 9.90 Å². The van der Waals surface area contributed by atoms with Crippen LogP contribution in [0.5, 0.6) is 0 Å². The Balaban J connectivity index is 1.68. The van der Waals surface area contributed by atoms with E-state index in [9.17, 15) is 9.90 Å². The molecule has 2 N–H and O–H groups in total. The Hall–Kier alpha value is -1.32. The summed E-state index contributed by atoms with van der Waals surface area (Å²) < 4.78 is 0. The van der Waals surface area contributed by atoms with Gasteiger partial charge in [0.05, 0.1) is 5.69 Å². The Labute approximate surface area is 113 Å². The van der Waals surface area contributed by atoms with Gasteiger partial charge in [-0.1, -0.05) is 25.7 Å². The number of aromatic amines is 1. The Morgan fingerprint density at radius 1 is 1.26 bits per heavy atom. The SMILES string of the molecule is O=C(O)C1CCCc2[nH]c(CCC3CCCC3)nc21. The second kappa shape index (κ2) is 5.35. The van der Waals surface area contributed by atoms with Crippen LogP contribution < -0.4 is 0 Å². The number of H-pyrrole nitrogens is 1. The molecule has 1 aromatic heterocycles. The zero-order valence-electron chi connectivity index (χ0n) is 11.3. The molecule has 1 aromatic rings. The topological polar surface area (TPSA) is 66.0 Å². The van der Waals surface area contributed by atoms with Crippen molar-refractivity contribution in [2.24, 2.45) is 5.92 Å². The molecule has 0 saturated heterocycles. The zero-order chi connectivity index (χ0) is 13.2. The van der Waals surface area contributed by atoms with Gasteiger partial charge in [-0.25, -0.2) is 4.98 Å². The van der Waals surface area contributed by atoms with E-state index in [1.807, 2.05) is 0 Å². The summed E-state index contributed by atoms with van der Waals surface area (Å²) in [5, 5.41) is 9.24. The molecular weight excluding hydrogens is 240 g/mol. The fourth-order valence-corrected chi connectivity index (χ4v) is 3.58. The molecule has 0 spiro atoms. The summed E-state index contributed by atoms with van der Waals surface area (Å²) in [7, 11) is 0. The minimum Gasteiger partial charge on any atom is -0.481 e. The molecule has 1 unspecified atom stereocenters. The van der Waals surface area contributed by atoms with Crippen molar-refractivity contribution in [3.8, 4) is 0 Å². The van der Waals surface area contributed by atoms with Gasteiger partial charge in [0.2, 0.25) is 0 Å². The Bertz CT molecular complexity index is 461. The molecular formula is C15H22N2O2. The molecule has 0 bridgehead atoms. The van der Waals surface area contributed by atoms with E-state index in [1.165, 1.54) is 32.1 Å². The molecule has 19 heavy (non-hydrogen) atoms. The molecule has 1 fully saturated rings. The van der Waals surface area contributed by atoms with Gasteiger partial charge >= 0.3 is 5.97 Å². The average Bonchev–Trinajstić information content (AvgIpc) is 3.04. The number of carboxylic acid groups (broad SMARTS) is 1. The van der Waals surface area contributed by atoms with E-state index in [4.69, 9.17) is 0 Å². The number of aromatic nitrogens is 2. The Morgan fingerprint density at radius 2 is 2.05 bits per heavy atom. The molecule has 0 aromatic carbocycles. The van der Waals surface area contributed by atoms with Crippen LogP contribution in [0.2, 0.25) is 0 Å². The molecule has 0 aliphatic heterocycles. The van der Waals surface area contributed by atoms with E-state index < -0.39 is 5.97 Å². The third-order valence-corrected chi connectivity index (χ3v) is 4.67. The lowest BCUT2D eigenvalue weighted by atomic mass is 9.90. The van der Waals surface area contributed by atoms with Crippen molar-refractivity contribution >= 4 is 5.97 Å². The van der Waals surface area contributed by atoms with Crippen LogP contribution in [0.25, 0.3) is 0 Å². The van der Waals surface area contributed by atoms with Gasteiger partial charge in [0, 0.05) is 12.1 Å². The first kappa shape index (κ1) is 12.7.